The van der Waals surface area contributed by atoms with Gasteiger partial charge in [-0.2, -0.15) is 0 Å². The molecule has 4 rings (SSSR count). The number of alkyl carbamates (subject to hydrolysis) is 1. The number of nitrogens with one attached hydrogen (secondary N) is 2. The monoisotopic (exact) mass is 448 g/mol. The number of hydrogen-bond acceptors (Lipinski definition) is 4. The van der Waals surface area contributed by atoms with Gasteiger partial charge < -0.3 is 20.5 Å². The van der Waals surface area contributed by atoms with Crippen LogP contribution >= 0.6 is 0 Å². The SMILES string of the molecule is O=C(O)/C=C/CNC(=O)[C@@H]1CCC[C@@H]1CNC(=O)OCC1c2ccccc2-c2ccccc21. The predicted octanol–water partition coefficient (Wildman–Crippen LogP) is 3.70. The fourth-order valence-corrected chi connectivity index (χ4v) is 4.94. The van der Waals surface area contributed by atoms with Crippen molar-refractivity contribution in [3.63, 3.8) is 0 Å². The Morgan fingerprint density at radius 3 is 2.30 bits per heavy atom. The third-order valence-electron chi connectivity index (χ3n) is 6.50. The summed E-state index contributed by atoms with van der Waals surface area (Å²) in [7, 11) is 0. The molecule has 33 heavy (non-hydrogen) atoms. The Balaban J connectivity index is 1.28. The Morgan fingerprint density at radius 2 is 1.64 bits per heavy atom. The van der Waals surface area contributed by atoms with Gasteiger partial charge in [0.15, 0.2) is 0 Å². The molecule has 7 heteroatoms. The molecule has 0 aromatic heterocycles. The van der Waals surface area contributed by atoms with Crippen LogP contribution in [0.25, 0.3) is 11.1 Å². The molecule has 0 saturated heterocycles. The summed E-state index contributed by atoms with van der Waals surface area (Å²) in [6.07, 6.45) is 4.45. The van der Waals surface area contributed by atoms with E-state index in [1.165, 1.54) is 17.2 Å². The number of aliphatic carboxylic acids is 1. The van der Waals surface area contributed by atoms with Crippen LogP contribution in [0.1, 0.15) is 36.3 Å². The Labute approximate surface area is 192 Å². The number of hydrogen-bond donors (Lipinski definition) is 3. The maximum atomic E-state index is 12.4. The molecule has 3 N–H and O–H groups in total. The van der Waals surface area contributed by atoms with E-state index in [4.69, 9.17) is 9.84 Å². The first-order valence-corrected chi connectivity index (χ1v) is 11.3. The van der Waals surface area contributed by atoms with Gasteiger partial charge in [-0.3, -0.25) is 4.79 Å². The Hall–Kier alpha value is -3.61. The minimum absolute atomic E-state index is 0.00649. The van der Waals surface area contributed by atoms with Gasteiger partial charge in [-0.25, -0.2) is 9.59 Å². The van der Waals surface area contributed by atoms with E-state index in [2.05, 4.69) is 34.9 Å². The molecule has 0 radical (unpaired) electrons. The van der Waals surface area contributed by atoms with E-state index in [0.29, 0.717) is 6.54 Å². The molecule has 2 aromatic carbocycles. The van der Waals surface area contributed by atoms with E-state index in [0.717, 1.165) is 36.5 Å². The van der Waals surface area contributed by atoms with E-state index in [1.807, 2.05) is 24.3 Å². The van der Waals surface area contributed by atoms with Gasteiger partial charge in [0.2, 0.25) is 5.91 Å². The van der Waals surface area contributed by atoms with Crippen molar-refractivity contribution in [3.8, 4) is 11.1 Å². The third kappa shape index (κ3) is 5.25. The third-order valence-corrected chi connectivity index (χ3v) is 6.50. The zero-order valence-electron chi connectivity index (χ0n) is 18.3. The van der Waals surface area contributed by atoms with Crippen molar-refractivity contribution >= 4 is 18.0 Å². The molecule has 1 saturated carbocycles. The molecular formula is C26H28N2O5. The second-order valence-electron chi connectivity index (χ2n) is 8.49. The molecule has 7 nitrogen and oxygen atoms in total. The summed E-state index contributed by atoms with van der Waals surface area (Å²) < 4.78 is 5.58. The lowest BCUT2D eigenvalue weighted by Crippen LogP contribution is -2.38. The van der Waals surface area contributed by atoms with Crippen molar-refractivity contribution in [1.82, 2.24) is 10.6 Å². The van der Waals surface area contributed by atoms with Gasteiger partial charge in [0.05, 0.1) is 0 Å². The molecule has 2 aliphatic rings. The van der Waals surface area contributed by atoms with Crippen molar-refractivity contribution in [1.29, 1.82) is 0 Å². The fourth-order valence-electron chi connectivity index (χ4n) is 4.94. The van der Waals surface area contributed by atoms with Gasteiger partial charge in [-0.15, -0.1) is 0 Å². The molecular weight excluding hydrogens is 420 g/mol. The highest BCUT2D eigenvalue weighted by atomic mass is 16.5. The lowest BCUT2D eigenvalue weighted by molar-refractivity contribution is -0.131. The van der Waals surface area contributed by atoms with Gasteiger partial charge in [0, 0.05) is 31.0 Å². The van der Waals surface area contributed by atoms with Crippen LogP contribution in [0.15, 0.2) is 60.7 Å². The first-order chi connectivity index (χ1) is 16.0. The van der Waals surface area contributed by atoms with Gasteiger partial charge in [0.1, 0.15) is 6.61 Å². The normalized spacial score (nSPS) is 19.2. The van der Waals surface area contributed by atoms with Crippen LogP contribution < -0.4 is 10.6 Å². The second kappa shape index (κ2) is 10.3. The van der Waals surface area contributed by atoms with E-state index < -0.39 is 12.1 Å². The quantitative estimate of drug-likeness (QED) is 0.534. The summed E-state index contributed by atoms with van der Waals surface area (Å²) in [5.41, 5.74) is 4.69. The number of carboxylic acid groups (broad SMARTS) is 1. The van der Waals surface area contributed by atoms with E-state index in [-0.39, 0.29) is 36.8 Å². The molecule has 0 unspecified atom stereocenters. The highest BCUT2D eigenvalue weighted by Gasteiger charge is 2.33. The maximum absolute atomic E-state index is 12.4. The van der Waals surface area contributed by atoms with Crippen LogP contribution in [0.4, 0.5) is 4.79 Å². The molecule has 0 heterocycles. The molecule has 1 fully saturated rings. The number of benzene rings is 2. The maximum Gasteiger partial charge on any atom is 0.407 e. The van der Waals surface area contributed by atoms with Crippen molar-refractivity contribution in [2.24, 2.45) is 11.8 Å². The minimum atomic E-state index is -1.05. The number of carboxylic acids is 1. The average Bonchev–Trinajstić information content (AvgIpc) is 3.42. The van der Waals surface area contributed by atoms with Gasteiger partial charge >= 0.3 is 12.1 Å². The molecule has 2 aliphatic carbocycles. The predicted molar refractivity (Wildman–Crippen MR) is 124 cm³/mol. The zero-order valence-corrected chi connectivity index (χ0v) is 18.3. The van der Waals surface area contributed by atoms with Crippen LogP contribution in [0.3, 0.4) is 0 Å². The van der Waals surface area contributed by atoms with Crippen LogP contribution in [0.2, 0.25) is 0 Å². The first kappa shape index (κ1) is 22.6. The highest BCUT2D eigenvalue weighted by molar-refractivity contribution is 5.81. The highest BCUT2D eigenvalue weighted by Crippen LogP contribution is 2.44. The number of amides is 2. The van der Waals surface area contributed by atoms with E-state index in [1.54, 1.807) is 0 Å². The van der Waals surface area contributed by atoms with Crippen LogP contribution in [0.5, 0.6) is 0 Å². The van der Waals surface area contributed by atoms with Gasteiger partial charge in [-0.1, -0.05) is 61.0 Å². The van der Waals surface area contributed by atoms with Crippen molar-refractivity contribution in [2.75, 3.05) is 19.7 Å². The largest absolute Gasteiger partial charge is 0.478 e. The summed E-state index contributed by atoms with van der Waals surface area (Å²) in [6.45, 7) is 0.804. The van der Waals surface area contributed by atoms with Crippen LogP contribution in [0, 0.1) is 11.8 Å². The lowest BCUT2D eigenvalue weighted by Gasteiger charge is -2.20. The summed E-state index contributed by atoms with van der Waals surface area (Å²) in [5, 5.41) is 14.2. The number of fused-ring (bicyclic) bond motifs is 3. The number of rotatable bonds is 8. The molecule has 2 amide bonds. The first-order valence-electron chi connectivity index (χ1n) is 11.3. The molecule has 0 bridgehead atoms. The standard InChI is InChI=1S/C26H28N2O5/c29-24(30)13-6-14-27-25(31)18-12-5-7-17(18)15-28-26(32)33-16-23-21-10-3-1-8-19(21)20-9-2-4-11-22(20)23/h1-4,6,8-11,13,17-18,23H,5,7,12,14-16H2,(H,27,31)(H,28,32)(H,29,30)/b13-6+/t17-,18-/m1/s1. The van der Waals surface area contributed by atoms with Crippen molar-refractivity contribution in [3.05, 3.63) is 71.8 Å². The topological polar surface area (TPSA) is 105 Å². The molecule has 172 valence electrons. The van der Waals surface area contributed by atoms with Gasteiger partial charge in [-0.05, 0) is 41.0 Å². The summed E-state index contributed by atoms with van der Waals surface area (Å²) in [6, 6.07) is 16.4. The molecule has 2 atom stereocenters. The van der Waals surface area contributed by atoms with Crippen molar-refractivity contribution < 1.29 is 24.2 Å². The number of ether oxygens (including phenoxy) is 1. The zero-order chi connectivity index (χ0) is 23.2. The van der Waals surface area contributed by atoms with Crippen molar-refractivity contribution in [2.45, 2.75) is 25.2 Å². The fraction of sp³-hybridized carbons (Fsp3) is 0.346. The van der Waals surface area contributed by atoms with E-state index >= 15 is 0 Å². The smallest absolute Gasteiger partial charge is 0.407 e. The minimum Gasteiger partial charge on any atom is -0.478 e. The molecule has 0 spiro atoms. The Kier molecular flexibility index (Phi) is 7.07. The van der Waals surface area contributed by atoms with Crippen LogP contribution in [-0.2, 0) is 14.3 Å². The summed E-state index contributed by atoms with van der Waals surface area (Å²) in [4.78, 5) is 35.4. The molecule has 2 aromatic rings. The summed E-state index contributed by atoms with van der Waals surface area (Å²) >= 11 is 0. The average molecular weight is 449 g/mol. The van der Waals surface area contributed by atoms with E-state index in [9.17, 15) is 14.4 Å². The molecule has 0 aliphatic heterocycles. The number of carbonyl (C=O) groups is 3. The Morgan fingerprint density at radius 1 is 0.970 bits per heavy atom. The lowest BCUT2D eigenvalue weighted by atomic mass is 9.95. The van der Waals surface area contributed by atoms with Crippen LogP contribution in [-0.4, -0.2) is 42.8 Å². The Bertz CT molecular complexity index is 1020. The number of carbonyl (C=O) groups excluding carboxylic acids is 2. The second-order valence-corrected chi connectivity index (χ2v) is 8.49. The summed E-state index contributed by atoms with van der Waals surface area (Å²) in [5.74, 6) is -1.31. The van der Waals surface area contributed by atoms with Gasteiger partial charge in [0.25, 0.3) is 0 Å².